The van der Waals surface area contributed by atoms with Crippen molar-refractivity contribution >= 4 is 5.91 Å². The van der Waals surface area contributed by atoms with Crippen LogP contribution in [0.2, 0.25) is 0 Å². The molecule has 1 saturated carbocycles. The summed E-state index contributed by atoms with van der Waals surface area (Å²) < 4.78 is 0. The van der Waals surface area contributed by atoms with E-state index in [1.165, 1.54) is 37.0 Å². The van der Waals surface area contributed by atoms with Gasteiger partial charge in [-0.15, -0.1) is 0 Å². The number of rotatable bonds is 3. The van der Waals surface area contributed by atoms with Crippen LogP contribution in [0.15, 0.2) is 36.0 Å². The maximum Gasteiger partial charge on any atom is 0.269 e. The van der Waals surface area contributed by atoms with Crippen LogP contribution in [0.3, 0.4) is 0 Å². The molecule has 0 bridgehead atoms. The number of allylic oxidation sites excluding steroid dienone is 1. The smallest absolute Gasteiger partial charge is 0.269 e. The topological polar surface area (TPSA) is 61.4 Å². The molecule has 1 fully saturated rings. The first kappa shape index (κ1) is 12.5. The van der Waals surface area contributed by atoms with Gasteiger partial charge in [-0.2, -0.15) is 0 Å². The molecule has 0 radical (unpaired) electrons. The summed E-state index contributed by atoms with van der Waals surface area (Å²) in [5.74, 6) is -0.0495. The molecule has 2 rings (SSSR count). The third kappa shape index (κ3) is 3.52. The van der Waals surface area contributed by atoms with Crippen LogP contribution in [-0.4, -0.2) is 11.0 Å². The summed E-state index contributed by atoms with van der Waals surface area (Å²) in [4.78, 5) is 11.7. The summed E-state index contributed by atoms with van der Waals surface area (Å²) in [6, 6.07) is 6.16. The van der Waals surface area contributed by atoms with Gasteiger partial charge in [-0.1, -0.05) is 12.0 Å². The van der Waals surface area contributed by atoms with Crippen molar-refractivity contribution in [3.63, 3.8) is 0 Å². The van der Waals surface area contributed by atoms with E-state index in [1.54, 1.807) is 12.1 Å². The van der Waals surface area contributed by atoms with Crippen LogP contribution in [0.4, 0.5) is 0 Å². The predicted molar refractivity (Wildman–Crippen MR) is 69.9 cm³/mol. The highest BCUT2D eigenvalue weighted by atomic mass is 16.3. The van der Waals surface area contributed by atoms with Gasteiger partial charge in [0.05, 0.1) is 0 Å². The highest BCUT2D eigenvalue weighted by Crippen LogP contribution is 2.21. The first-order chi connectivity index (χ1) is 8.75. The fraction of sp³-hybridized carbons (Fsp3) is 0.357. The van der Waals surface area contributed by atoms with E-state index in [0.717, 1.165) is 12.8 Å². The lowest BCUT2D eigenvalue weighted by molar-refractivity contribution is 0.0941. The number of carbonyl (C=O) groups excluding carboxylic acids is 1. The van der Waals surface area contributed by atoms with Gasteiger partial charge < -0.3 is 10.5 Å². The van der Waals surface area contributed by atoms with Gasteiger partial charge in [-0.3, -0.25) is 10.2 Å². The molecule has 3 N–H and O–H groups in total. The van der Waals surface area contributed by atoms with E-state index < -0.39 is 0 Å². The van der Waals surface area contributed by atoms with Gasteiger partial charge in [-0.05, 0) is 49.9 Å². The average Bonchev–Trinajstić information content (AvgIpc) is 2.40. The number of phenols is 1. The zero-order valence-electron chi connectivity index (χ0n) is 10.3. The molecule has 1 aliphatic rings. The van der Waals surface area contributed by atoms with Gasteiger partial charge in [0.2, 0.25) is 0 Å². The van der Waals surface area contributed by atoms with E-state index in [1.807, 2.05) is 6.20 Å². The van der Waals surface area contributed by atoms with Gasteiger partial charge in [0.1, 0.15) is 5.75 Å². The maximum atomic E-state index is 11.7. The Morgan fingerprint density at radius 2 is 1.78 bits per heavy atom. The minimum Gasteiger partial charge on any atom is -0.508 e. The summed E-state index contributed by atoms with van der Waals surface area (Å²) in [7, 11) is 0. The SMILES string of the molecule is O=C(NNC=C1CCCCC1)c1ccc(O)cc1. The number of phenolic OH excluding ortho intramolecular Hbond substituents is 1. The quantitative estimate of drug-likeness (QED) is 0.718. The first-order valence-corrected chi connectivity index (χ1v) is 6.28. The largest absolute Gasteiger partial charge is 0.508 e. The highest BCUT2D eigenvalue weighted by molar-refractivity contribution is 5.93. The molecule has 18 heavy (non-hydrogen) atoms. The molecule has 4 nitrogen and oxygen atoms in total. The molecule has 96 valence electrons. The Hall–Kier alpha value is -1.97. The monoisotopic (exact) mass is 246 g/mol. The summed E-state index contributed by atoms with van der Waals surface area (Å²) >= 11 is 0. The van der Waals surface area contributed by atoms with Crippen molar-refractivity contribution in [2.24, 2.45) is 0 Å². The molecule has 0 unspecified atom stereocenters. The van der Waals surface area contributed by atoms with E-state index in [-0.39, 0.29) is 11.7 Å². The van der Waals surface area contributed by atoms with Gasteiger partial charge >= 0.3 is 0 Å². The summed E-state index contributed by atoms with van der Waals surface area (Å²) in [6.45, 7) is 0. The van der Waals surface area contributed by atoms with E-state index in [4.69, 9.17) is 5.11 Å². The van der Waals surface area contributed by atoms with Crippen LogP contribution in [-0.2, 0) is 0 Å². The molecule has 4 heteroatoms. The Morgan fingerprint density at radius 1 is 1.11 bits per heavy atom. The Labute approximate surface area is 107 Å². The standard InChI is InChI=1S/C14H18N2O2/c17-13-8-6-12(7-9-13)14(18)16-15-10-11-4-2-1-3-5-11/h6-10,15,17H,1-5H2,(H,16,18). The number of amides is 1. The van der Waals surface area contributed by atoms with Gasteiger partial charge in [-0.25, -0.2) is 0 Å². The number of hydrazine groups is 1. The average molecular weight is 246 g/mol. The Balaban J connectivity index is 1.82. The second-order valence-corrected chi connectivity index (χ2v) is 4.51. The van der Waals surface area contributed by atoms with Crippen molar-refractivity contribution in [2.45, 2.75) is 32.1 Å². The van der Waals surface area contributed by atoms with Crippen LogP contribution in [0.5, 0.6) is 5.75 Å². The summed E-state index contributed by atoms with van der Waals surface area (Å²) in [6.07, 6.45) is 7.89. The van der Waals surface area contributed by atoms with Crippen LogP contribution in [0.1, 0.15) is 42.5 Å². The second-order valence-electron chi connectivity index (χ2n) is 4.51. The predicted octanol–water partition coefficient (Wildman–Crippen LogP) is 2.47. The van der Waals surface area contributed by atoms with Crippen molar-refractivity contribution in [3.05, 3.63) is 41.6 Å². The van der Waals surface area contributed by atoms with Crippen molar-refractivity contribution in [1.82, 2.24) is 10.9 Å². The zero-order chi connectivity index (χ0) is 12.8. The molecule has 0 aliphatic heterocycles. The number of hydrogen-bond donors (Lipinski definition) is 3. The minimum atomic E-state index is -0.206. The maximum absolute atomic E-state index is 11.7. The molecule has 1 aromatic rings. The molecule has 0 spiro atoms. The fourth-order valence-electron chi connectivity index (χ4n) is 2.04. The van der Waals surface area contributed by atoms with Crippen molar-refractivity contribution < 1.29 is 9.90 Å². The van der Waals surface area contributed by atoms with E-state index in [0.29, 0.717) is 5.56 Å². The molecule has 1 aliphatic carbocycles. The third-order valence-corrected chi connectivity index (χ3v) is 3.09. The lowest BCUT2D eigenvalue weighted by Gasteiger charge is -2.14. The molecule has 0 heterocycles. The third-order valence-electron chi connectivity index (χ3n) is 3.09. The lowest BCUT2D eigenvalue weighted by Crippen LogP contribution is -2.33. The molecule has 1 aromatic carbocycles. The van der Waals surface area contributed by atoms with E-state index in [9.17, 15) is 4.79 Å². The highest BCUT2D eigenvalue weighted by Gasteiger charge is 2.06. The molecule has 0 saturated heterocycles. The lowest BCUT2D eigenvalue weighted by atomic mass is 9.96. The van der Waals surface area contributed by atoms with Crippen LogP contribution in [0.25, 0.3) is 0 Å². The summed E-state index contributed by atoms with van der Waals surface area (Å²) in [5, 5.41) is 9.13. The number of hydrogen-bond acceptors (Lipinski definition) is 3. The molecular formula is C14H18N2O2. The number of aromatic hydroxyl groups is 1. The van der Waals surface area contributed by atoms with Gasteiger partial charge in [0, 0.05) is 11.8 Å². The number of nitrogens with one attached hydrogen (secondary N) is 2. The molecule has 0 aromatic heterocycles. The Kier molecular flexibility index (Phi) is 4.23. The zero-order valence-corrected chi connectivity index (χ0v) is 10.3. The van der Waals surface area contributed by atoms with Crippen LogP contribution >= 0.6 is 0 Å². The van der Waals surface area contributed by atoms with E-state index in [2.05, 4.69) is 10.9 Å². The van der Waals surface area contributed by atoms with Crippen molar-refractivity contribution in [3.8, 4) is 5.75 Å². The molecule has 1 amide bonds. The number of benzene rings is 1. The molecular weight excluding hydrogens is 228 g/mol. The van der Waals surface area contributed by atoms with Crippen molar-refractivity contribution in [1.29, 1.82) is 0 Å². The minimum absolute atomic E-state index is 0.156. The van der Waals surface area contributed by atoms with Crippen LogP contribution in [0, 0.1) is 0 Å². The number of carbonyl (C=O) groups is 1. The van der Waals surface area contributed by atoms with Gasteiger partial charge in [0.25, 0.3) is 5.91 Å². The first-order valence-electron chi connectivity index (χ1n) is 6.28. The molecule has 0 atom stereocenters. The fourth-order valence-corrected chi connectivity index (χ4v) is 2.04. The normalized spacial score (nSPS) is 15.0. The van der Waals surface area contributed by atoms with Gasteiger partial charge in [0.15, 0.2) is 0 Å². The van der Waals surface area contributed by atoms with Crippen molar-refractivity contribution in [2.75, 3.05) is 0 Å². The summed E-state index contributed by atoms with van der Waals surface area (Å²) in [5.41, 5.74) is 7.33. The second kappa shape index (κ2) is 6.10. The van der Waals surface area contributed by atoms with E-state index >= 15 is 0 Å². The Morgan fingerprint density at radius 3 is 2.44 bits per heavy atom. The Bertz CT molecular complexity index is 430. The van der Waals surface area contributed by atoms with Crippen LogP contribution < -0.4 is 10.9 Å².